The standard InChI is InChI=1S/C11H15NO4S/c1-3-11(8-16-17(13,14)12-11)9-4-6-10(15-2)7-5-9/h4-7,12H,3,8H2,1-2H3/t11-/m1/s1. The van der Waals surface area contributed by atoms with E-state index in [9.17, 15) is 8.42 Å². The topological polar surface area (TPSA) is 64.6 Å². The van der Waals surface area contributed by atoms with Crippen LogP contribution < -0.4 is 9.46 Å². The van der Waals surface area contributed by atoms with Gasteiger partial charge in [0.15, 0.2) is 0 Å². The minimum Gasteiger partial charge on any atom is -0.497 e. The summed E-state index contributed by atoms with van der Waals surface area (Å²) in [7, 11) is -2.02. The van der Waals surface area contributed by atoms with Crippen LogP contribution in [0.1, 0.15) is 18.9 Å². The normalized spacial score (nSPS) is 26.9. The van der Waals surface area contributed by atoms with Gasteiger partial charge in [0.1, 0.15) is 5.75 Å². The quantitative estimate of drug-likeness (QED) is 0.882. The van der Waals surface area contributed by atoms with E-state index in [-0.39, 0.29) is 6.61 Å². The van der Waals surface area contributed by atoms with E-state index < -0.39 is 15.8 Å². The molecule has 0 bridgehead atoms. The van der Waals surface area contributed by atoms with Crippen molar-refractivity contribution in [2.75, 3.05) is 13.7 Å². The third kappa shape index (κ3) is 2.29. The molecule has 1 saturated heterocycles. The molecule has 17 heavy (non-hydrogen) atoms. The zero-order valence-electron chi connectivity index (χ0n) is 9.76. The van der Waals surface area contributed by atoms with E-state index in [0.717, 1.165) is 11.3 Å². The van der Waals surface area contributed by atoms with Gasteiger partial charge in [-0.1, -0.05) is 19.1 Å². The Morgan fingerprint density at radius 1 is 1.41 bits per heavy atom. The summed E-state index contributed by atoms with van der Waals surface area (Å²) in [5, 5.41) is 0. The van der Waals surface area contributed by atoms with Crippen LogP contribution in [0.25, 0.3) is 0 Å². The van der Waals surface area contributed by atoms with E-state index in [0.29, 0.717) is 6.42 Å². The zero-order chi connectivity index (χ0) is 12.5. The summed E-state index contributed by atoms with van der Waals surface area (Å²) in [6.07, 6.45) is 0.624. The van der Waals surface area contributed by atoms with Crippen molar-refractivity contribution in [1.82, 2.24) is 4.72 Å². The molecule has 5 nitrogen and oxygen atoms in total. The highest BCUT2D eigenvalue weighted by Gasteiger charge is 2.42. The number of hydrogen-bond donors (Lipinski definition) is 1. The van der Waals surface area contributed by atoms with Gasteiger partial charge in [0.2, 0.25) is 0 Å². The predicted molar refractivity (Wildman–Crippen MR) is 63.0 cm³/mol. The Labute approximate surface area is 101 Å². The van der Waals surface area contributed by atoms with Gasteiger partial charge in [0, 0.05) is 0 Å². The first-order valence-corrected chi connectivity index (χ1v) is 6.75. The molecule has 1 N–H and O–H groups in total. The van der Waals surface area contributed by atoms with Crippen molar-refractivity contribution in [2.45, 2.75) is 18.9 Å². The molecule has 1 aliphatic heterocycles. The molecule has 0 aliphatic carbocycles. The first-order chi connectivity index (χ1) is 8.01. The van der Waals surface area contributed by atoms with Gasteiger partial charge in [0.25, 0.3) is 0 Å². The Kier molecular flexibility index (Phi) is 3.11. The van der Waals surface area contributed by atoms with Crippen molar-refractivity contribution in [3.05, 3.63) is 29.8 Å². The average molecular weight is 257 g/mol. The second kappa shape index (κ2) is 4.29. The summed E-state index contributed by atoms with van der Waals surface area (Å²) in [6.45, 7) is 2.04. The summed E-state index contributed by atoms with van der Waals surface area (Å²) in [5.74, 6) is 0.738. The van der Waals surface area contributed by atoms with Crippen LogP contribution in [0, 0.1) is 0 Å². The van der Waals surface area contributed by atoms with Gasteiger partial charge < -0.3 is 4.74 Å². The lowest BCUT2D eigenvalue weighted by Crippen LogP contribution is -2.39. The van der Waals surface area contributed by atoms with Crippen LogP contribution in [0.3, 0.4) is 0 Å². The molecule has 1 aromatic rings. The van der Waals surface area contributed by atoms with Crippen LogP contribution in [0.2, 0.25) is 0 Å². The largest absolute Gasteiger partial charge is 0.497 e. The van der Waals surface area contributed by atoms with Crippen LogP contribution in [-0.2, 0) is 20.0 Å². The van der Waals surface area contributed by atoms with Gasteiger partial charge in [0.05, 0.1) is 19.3 Å². The van der Waals surface area contributed by atoms with Gasteiger partial charge >= 0.3 is 10.3 Å². The van der Waals surface area contributed by atoms with Crippen LogP contribution in [0.4, 0.5) is 0 Å². The Bertz CT molecular complexity index is 497. The van der Waals surface area contributed by atoms with Crippen LogP contribution in [-0.4, -0.2) is 22.1 Å². The van der Waals surface area contributed by atoms with Crippen molar-refractivity contribution >= 4 is 10.3 Å². The zero-order valence-corrected chi connectivity index (χ0v) is 10.6. The lowest BCUT2D eigenvalue weighted by molar-refractivity contribution is 0.264. The van der Waals surface area contributed by atoms with Gasteiger partial charge in [-0.05, 0) is 24.1 Å². The maximum Gasteiger partial charge on any atom is 0.336 e. The summed E-state index contributed by atoms with van der Waals surface area (Å²) in [4.78, 5) is 0. The van der Waals surface area contributed by atoms with Gasteiger partial charge in [-0.25, -0.2) is 0 Å². The third-order valence-corrected chi connectivity index (χ3v) is 4.10. The number of nitrogens with one attached hydrogen (secondary N) is 1. The van der Waals surface area contributed by atoms with E-state index in [1.54, 1.807) is 19.2 Å². The summed E-state index contributed by atoms with van der Waals surface area (Å²) < 4.78 is 35.1. The molecule has 2 rings (SSSR count). The number of rotatable bonds is 3. The Morgan fingerprint density at radius 2 is 2.06 bits per heavy atom. The summed E-state index contributed by atoms with van der Waals surface area (Å²) in [6, 6.07) is 7.30. The van der Waals surface area contributed by atoms with Crippen molar-refractivity contribution in [1.29, 1.82) is 0 Å². The molecule has 0 aromatic heterocycles. The van der Waals surface area contributed by atoms with Crippen LogP contribution in [0.5, 0.6) is 5.75 Å². The van der Waals surface area contributed by atoms with Crippen molar-refractivity contribution < 1.29 is 17.3 Å². The number of hydrogen-bond acceptors (Lipinski definition) is 4. The molecule has 1 heterocycles. The highest BCUT2D eigenvalue weighted by atomic mass is 32.2. The fraction of sp³-hybridized carbons (Fsp3) is 0.455. The molecule has 0 radical (unpaired) electrons. The number of benzene rings is 1. The Morgan fingerprint density at radius 3 is 2.47 bits per heavy atom. The Hall–Kier alpha value is -1.11. The minimum absolute atomic E-state index is 0.123. The first-order valence-electron chi connectivity index (χ1n) is 5.34. The van der Waals surface area contributed by atoms with E-state index in [4.69, 9.17) is 8.92 Å². The smallest absolute Gasteiger partial charge is 0.336 e. The maximum absolute atomic E-state index is 11.3. The highest BCUT2D eigenvalue weighted by molar-refractivity contribution is 7.85. The summed E-state index contributed by atoms with van der Waals surface area (Å²) >= 11 is 0. The third-order valence-electron chi connectivity index (χ3n) is 3.03. The molecule has 0 spiro atoms. The predicted octanol–water partition coefficient (Wildman–Crippen LogP) is 1.17. The number of ether oxygens (including phenoxy) is 1. The maximum atomic E-state index is 11.3. The monoisotopic (exact) mass is 257 g/mol. The summed E-state index contributed by atoms with van der Waals surface area (Å²) in [5.41, 5.74) is 0.215. The van der Waals surface area contributed by atoms with Gasteiger partial charge in [-0.15, -0.1) is 0 Å². The van der Waals surface area contributed by atoms with E-state index in [1.807, 2.05) is 19.1 Å². The van der Waals surface area contributed by atoms with E-state index in [1.165, 1.54) is 0 Å². The van der Waals surface area contributed by atoms with Crippen molar-refractivity contribution in [3.63, 3.8) is 0 Å². The van der Waals surface area contributed by atoms with Crippen LogP contribution >= 0.6 is 0 Å². The van der Waals surface area contributed by atoms with Gasteiger partial charge in [-0.3, -0.25) is 4.18 Å². The number of methoxy groups -OCH3 is 1. The molecule has 0 unspecified atom stereocenters. The van der Waals surface area contributed by atoms with Crippen molar-refractivity contribution in [2.24, 2.45) is 0 Å². The highest BCUT2D eigenvalue weighted by Crippen LogP contribution is 2.32. The molecule has 94 valence electrons. The SMILES string of the molecule is CC[C@]1(c2ccc(OC)cc2)COS(=O)(=O)N1. The average Bonchev–Trinajstić information content (AvgIpc) is 2.66. The fourth-order valence-corrected chi connectivity index (χ4v) is 3.12. The van der Waals surface area contributed by atoms with E-state index in [2.05, 4.69) is 4.72 Å². The lowest BCUT2D eigenvalue weighted by atomic mass is 9.89. The Balaban J connectivity index is 2.35. The second-order valence-electron chi connectivity index (χ2n) is 3.98. The first kappa shape index (κ1) is 12.3. The molecule has 0 saturated carbocycles. The molecular weight excluding hydrogens is 242 g/mol. The molecular formula is C11H15NO4S. The minimum atomic E-state index is -3.61. The molecule has 6 heteroatoms. The van der Waals surface area contributed by atoms with Crippen molar-refractivity contribution in [3.8, 4) is 5.75 Å². The molecule has 1 aliphatic rings. The molecule has 1 atom stereocenters. The molecule has 1 fully saturated rings. The van der Waals surface area contributed by atoms with Gasteiger partial charge in [-0.2, -0.15) is 13.1 Å². The van der Waals surface area contributed by atoms with E-state index >= 15 is 0 Å². The fourth-order valence-electron chi connectivity index (χ4n) is 1.91. The van der Waals surface area contributed by atoms with Crippen LogP contribution in [0.15, 0.2) is 24.3 Å². The second-order valence-corrected chi connectivity index (χ2v) is 5.33. The molecule has 0 amide bonds. The molecule has 1 aromatic carbocycles. The lowest BCUT2D eigenvalue weighted by Gasteiger charge is -2.25.